The van der Waals surface area contributed by atoms with Gasteiger partial charge in [0.05, 0.1) is 5.56 Å². The number of benzene rings is 1. The first-order valence-electron chi connectivity index (χ1n) is 4.56. The molecule has 2 aromatic rings. The number of fused-ring (bicyclic) bond motifs is 1. The molecule has 0 saturated carbocycles. The van der Waals surface area contributed by atoms with Gasteiger partial charge in [0, 0.05) is 16.5 Å². The van der Waals surface area contributed by atoms with E-state index in [9.17, 15) is 14.0 Å². The van der Waals surface area contributed by atoms with E-state index in [2.05, 4.69) is 4.98 Å². The SMILES string of the molecule is Cc1c(C(=O)O)c2cc(F)ccc2[nH]c1=O. The van der Waals surface area contributed by atoms with Gasteiger partial charge in [-0.15, -0.1) is 0 Å². The molecule has 0 spiro atoms. The van der Waals surface area contributed by atoms with Crippen molar-refractivity contribution < 1.29 is 14.3 Å². The molecule has 0 aliphatic rings. The maximum Gasteiger partial charge on any atom is 0.336 e. The summed E-state index contributed by atoms with van der Waals surface area (Å²) >= 11 is 0. The van der Waals surface area contributed by atoms with Crippen LogP contribution in [0.5, 0.6) is 0 Å². The molecule has 5 heteroatoms. The number of rotatable bonds is 1. The predicted octanol–water partition coefficient (Wildman–Crippen LogP) is 1.67. The second kappa shape index (κ2) is 3.44. The summed E-state index contributed by atoms with van der Waals surface area (Å²) in [6.45, 7) is 1.40. The summed E-state index contributed by atoms with van der Waals surface area (Å²) in [5, 5.41) is 9.20. The fourth-order valence-electron chi connectivity index (χ4n) is 1.64. The number of pyridine rings is 1. The van der Waals surface area contributed by atoms with Crippen molar-refractivity contribution in [1.29, 1.82) is 0 Å². The third kappa shape index (κ3) is 1.46. The van der Waals surface area contributed by atoms with E-state index in [1.54, 1.807) is 0 Å². The number of carboxylic acids is 1. The smallest absolute Gasteiger partial charge is 0.336 e. The fourth-order valence-corrected chi connectivity index (χ4v) is 1.64. The predicted molar refractivity (Wildman–Crippen MR) is 56.2 cm³/mol. The van der Waals surface area contributed by atoms with Crippen LogP contribution >= 0.6 is 0 Å². The molecule has 1 aromatic carbocycles. The Labute approximate surface area is 89.3 Å². The van der Waals surface area contributed by atoms with Crippen molar-refractivity contribution >= 4 is 16.9 Å². The highest BCUT2D eigenvalue weighted by Gasteiger charge is 2.15. The summed E-state index contributed by atoms with van der Waals surface area (Å²) < 4.78 is 13.0. The lowest BCUT2D eigenvalue weighted by Gasteiger charge is -2.05. The van der Waals surface area contributed by atoms with Gasteiger partial charge in [-0.3, -0.25) is 4.79 Å². The number of halogens is 1. The molecule has 0 bridgehead atoms. The lowest BCUT2D eigenvalue weighted by Crippen LogP contribution is -2.16. The molecule has 2 N–H and O–H groups in total. The first kappa shape index (κ1) is 10.4. The summed E-state index contributed by atoms with van der Waals surface area (Å²) in [5.74, 6) is -1.78. The standard InChI is InChI=1S/C11H8FNO3/c1-5-9(11(15)16)7-4-6(12)2-3-8(7)13-10(5)14/h2-4H,1H3,(H,13,14)(H,15,16). The first-order chi connectivity index (χ1) is 7.50. The van der Waals surface area contributed by atoms with E-state index in [1.165, 1.54) is 19.1 Å². The van der Waals surface area contributed by atoms with Gasteiger partial charge in [-0.2, -0.15) is 0 Å². The average Bonchev–Trinajstić information content (AvgIpc) is 2.20. The molecule has 0 radical (unpaired) electrons. The molecule has 0 atom stereocenters. The minimum atomic E-state index is -1.24. The van der Waals surface area contributed by atoms with E-state index in [-0.39, 0.29) is 16.5 Å². The molecular weight excluding hydrogens is 213 g/mol. The topological polar surface area (TPSA) is 70.2 Å². The number of nitrogens with one attached hydrogen (secondary N) is 1. The summed E-state index contributed by atoms with van der Waals surface area (Å²) in [4.78, 5) is 24.9. The molecule has 0 saturated heterocycles. The van der Waals surface area contributed by atoms with Crippen molar-refractivity contribution in [3.05, 3.63) is 45.5 Å². The Hall–Kier alpha value is -2.17. The van der Waals surface area contributed by atoms with Gasteiger partial charge >= 0.3 is 5.97 Å². The second-order valence-corrected chi connectivity index (χ2v) is 3.45. The average molecular weight is 221 g/mol. The van der Waals surface area contributed by atoms with Gasteiger partial charge in [-0.05, 0) is 25.1 Å². The Morgan fingerprint density at radius 2 is 2.12 bits per heavy atom. The normalized spacial score (nSPS) is 10.6. The van der Waals surface area contributed by atoms with Crippen LogP contribution in [0.25, 0.3) is 10.9 Å². The lowest BCUT2D eigenvalue weighted by atomic mass is 10.0. The minimum absolute atomic E-state index is 0.0746. The fraction of sp³-hybridized carbons (Fsp3) is 0.0909. The van der Waals surface area contributed by atoms with Crippen LogP contribution in [-0.4, -0.2) is 16.1 Å². The molecule has 2 rings (SSSR count). The van der Waals surface area contributed by atoms with Crippen molar-refractivity contribution in [1.82, 2.24) is 4.98 Å². The molecule has 0 unspecified atom stereocenters. The van der Waals surface area contributed by atoms with Crippen LogP contribution < -0.4 is 5.56 Å². The molecule has 16 heavy (non-hydrogen) atoms. The molecule has 82 valence electrons. The van der Waals surface area contributed by atoms with Crippen LogP contribution in [0, 0.1) is 12.7 Å². The maximum absolute atomic E-state index is 13.0. The van der Waals surface area contributed by atoms with E-state index < -0.39 is 17.3 Å². The van der Waals surface area contributed by atoms with Crippen LogP contribution in [0.15, 0.2) is 23.0 Å². The van der Waals surface area contributed by atoms with Gasteiger partial charge in [-0.1, -0.05) is 0 Å². The molecule has 4 nitrogen and oxygen atoms in total. The molecule has 0 fully saturated rings. The van der Waals surface area contributed by atoms with Crippen molar-refractivity contribution in [2.24, 2.45) is 0 Å². The largest absolute Gasteiger partial charge is 0.478 e. The summed E-state index contributed by atoms with van der Waals surface area (Å²) in [7, 11) is 0. The molecule has 0 aliphatic carbocycles. The molecule has 0 amide bonds. The van der Waals surface area contributed by atoms with Crippen LogP contribution in [-0.2, 0) is 0 Å². The van der Waals surface area contributed by atoms with E-state index in [4.69, 9.17) is 5.11 Å². The Bertz CT molecular complexity index is 645. The Kier molecular flexibility index (Phi) is 2.23. The summed E-state index contributed by atoms with van der Waals surface area (Å²) in [5.41, 5.74) is -0.241. The zero-order valence-electron chi connectivity index (χ0n) is 8.37. The number of H-pyrrole nitrogens is 1. The van der Waals surface area contributed by atoms with Gasteiger partial charge < -0.3 is 10.1 Å². The van der Waals surface area contributed by atoms with E-state index in [0.29, 0.717) is 5.52 Å². The zero-order chi connectivity index (χ0) is 11.9. The first-order valence-corrected chi connectivity index (χ1v) is 4.56. The second-order valence-electron chi connectivity index (χ2n) is 3.45. The zero-order valence-corrected chi connectivity index (χ0v) is 8.37. The summed E-state index contributed by atoms with van der Waals surface area (Å²) in [6, 6.07) is 3.61. The Morgan fingerprint density at radius 3 is 2.75 bits per heavy atom. The highest BCUT2D eigenvalue weighted by Crippen LogP contribution is 2.19. The van der Waals surface area contributed by atoms with Gasteiger partial charge in [-0.25, -0.2) is 9.18 Å². The van der Waals surface area contributed by atoms with Gasteiger partial charge in [0.15, 0.2) is 0 Å². The lowest BCUT2D eigenvalue weighted by molar-refractivity contribution is 0.0698. The highest BCUT2D eigenvalue weighted by molar-refractivity contribution is 6.03. The van der Waals surface area contributed by atoms with Gasteiger partial charge in [0.1, 0.15) is 5.82 Å². The summed E-state index contributed by atoms with van der Waals surface area (Å²) in [6.07, 6.45) is 0. The van der Waals surface area contributed by atoms with Crippen LogP contribution in [0.2, 0.25) is 0 Å². The Morgan fingerprint density at radius 1 is 1.44 bits per heavy atom. The number of aromatic amines is 1. The van der Waals surface area contributed by atoms with Gasteiger partial charge in [0.25, 0.3) is 5.56 Å². The van der Waals surface area contributed by atoms with Crippen LogP contribution in [0.1, 0.15) is 15.9 Å². The third-order valence-corrected chi connectivity index (χ3v) is 2.43. The van der Waals surface area contributed by atoms with Crippen molar-refractivity contribution in [3.63, 3.8) is 0 Å². The van der Waals surface area contributed by atoms with Crippen molar-refractivity contribution in [2.75, 3.05) is 0 Å². The van der Waals surface area contributed by atoms with Crippen molar-refractivity contribution in [2.45, 2.75) is 6.92 Å². The molecule has 1 heterocycles. The van der Waals surface area contributed by atoms with E-state index in [1.807, 2.05) is 0 Å². The van der Waals surface area contributed by atoms with Crippen molar-refractivity contribution in [3.8, 4) is 0 Å². The van der Waals surface area contributed by atoms with E-state index in [0.717, 1.165) is 6.07 Å². The van der Waals surface area contributed by atoms with Crippen LogP contribution in [0.4, 0.5) is 4.39 Å². The number of aromatic nitrogens is 1. The van der Waals surface area contributed by atoms with Gasteiger partial charge in [0.2, 0.25) is 0 Å². The molecular formula is C11H8FNO3. The monoisotopic (exact) mass is 221 g/mol. The number of carboxylic acid groups (broad SMARTS) is 1. The molecule has 1 aromatic heterocycles. The minimum Gasteiger partial charge on any atom is -0.478 e. The number of aromatic carboxylic acids is 1. The molecule has 0 aliphatic heterocycles. The third-order valence-electron chi connectivity index (χ3n) is 2.43. The maximum atomic E-state index is 13.0. The van der Waals surface area contributed by atoms with E-state index >= 15 is 0 Å². The quantitative estimate of drug-likeness (QED) is 0.769. The number of hydrogen-bond acceptors (Lipinski definition) is 2. The number of carbonyl (C=O) groups is 1. The highest BCUT2D eigenvalue weighted by atomic mass is 19.1. The Balaban J connectivity index is 3.02. The number of hydrogen-bond donors (Lipinski definition) is 2. The van der Waals surface area contributed by atoms with Crippen LogP contribution in [0.3, 0.4) is 0 Å².